The van der Waals surface area contributed by atoms with Crippen molar-refractivity contribution < 1.29 is 52.3 Å². The Morgan fingerprint density at radius 2 is 1.43 bits per heavy atom. The Kier molecular flexibility index (Phi) is 13.7. The second kappa shape index (κ2) is 16.4. The van der Waals surface area contributed by atoms with Gasteiger partial charge in [0.2, 0.25) is 5.60 Å². The Labute approximate surface area is 317 Å². The van der Waals surface area contributed by atoms with E-state index in [4.69, 9.17) is 24.0 Å². The molecule has 2 aromatic rings. The van der Waals surface area contributed by atoms with Crippen molar-refractivity contribution in [1.82, 2.24) is 14.6 Å². The molecule has 0 bridgehead atoms. The molecule has 0 unspecified atom stereocenters. The van der Waals surface area contributed by atoms with Crippen molar-refractivity contribution in [3.63, 3.8) is 0 Å². The highest BCUT2D eigenvalue weighted by molar-refractivity contribution is 8.14. The van der Waals surface area contributed by atoms with Crippen LogP contribution < -0.4 is 5.73 Å². The van der Waals surface area contributed by atoms with Gasteiger partial charge >= 0.3 is 19.8 Å². The van der Waals surface area contributed by atoms with Gasteiger partial charge in [0.1, 0.15) is 17.9 Å². The van der Waals surface area contributed by atoms with E-state index in [2.05, 4.69) is 16.2 Å². The number of rotatable bonds is 16. The normalized spacial score (nSPS) is 21.4. The number of carbonyl (C=O) groups excluding carboxylic acids is 2. The summed E-state index contributed by atoms with van der Waals surface area (Å²) in [6.45, 7) is 14.9. The van der Waals surface area contributed by atoms with E-state index < -0.39 is 71.6 Å². The molecule has 0 radical (unpaired) electrons. The predicted octanol–water partition coefficient (Wildman–Crippen LogP) is 5.65. The van der Waals surface area contributed by atoms with Crippen molar-refractivity contribution in [2.24, 2.45) is 33.5 Å². The van der Waals surface area contributed by atoms with Gasteiger partial charge in [-0.25, -0.2) is 14.1 Å². The number of carbonyl (C=O) groups is 4. The van der Waals surface area contributed by atoms with Gasteiger partial charge in [0, 0.05) is 34.2 Å². The Morgan fingerprint density at radius 3 is 1.89 bits per heavy atom. The highest BCUT2D eigenvalue weighted by Gasteiger charge is 2.68. The molecule has 1 aliphatic rings. The number of fused-ring (bicyclic) bond motifs is 1. The lowest BCUT2D eigenvalue weighted by molar-refractivity contribution is -0.161. The first-order valence-corrected chi connectivity index (χ1v) is 20.2. The molecule has 3 rings (SSSR count). The summed E-state index contributed by atoms with van der Waals surface area (Å²) in [5.41, 5.74) is -0.590. The van der Waals surface area contributed by atoms with Gasteiger partial charge < -0.3 is 20.7 Å². The van der Waals surface area contributed by atoms with Crippen LogP contribution in [0.1, 0.15) is 74.9 Å². The molecule has 294 valence electrons. The first-order chi connectivity index (χ1) is 24.3. The summed E-state index contributed by atoms with van der Waals surface area (Å²) >= 11 is 1.94. The number of hydrogen-bond acceptors (Lipinski definition) is 15. The maximum atomic E-state index is 14.2. The summed E-state index contributed by atoms with van der Waals surface area (Å²) in [6.07, 6.45) is -0.239. The highest BCUT2D eigenvalue weighted by atomic mass is 32.2. The molecule has 0 saturated carbocycles. The third kappa shape index (κ3) is 9.62. The number of aromatic nitrogens is 3. The van der Waals surface area contributed by atoms with E-state index >= 15 is 0 Å². The van der Waals surface area contributed by atoms with Crippen molar-refractivity contribution in [2.75, 3.05) is 37.1 Å². The molecule has 2 aromatic heterocycles. The SMILES string of the molecule is CC(C)(C)C(=O)SCCOP(=O)(OCCSC(=O)C(C)(C)C)OC[C@@H]1O[C@@](C#N)(c2ccc3c(N)ncnn23)[C@@H](C(C)(C)C(=O)O)[C@@H]1C(C)(C)C(=O)O. The van der Waals surface area contributed by atoms with Crippen LogP contribution in [0.25, 0.3) is 5.52 Å². The van der Waals surface area contributed by atoms with Gasteiger partial charge in [-0.1, -0.05) is 65.1 Å². The largest absolute Gasteiger partial charge is 0.481 e. The van der Waals surface area contributed by atoms with Gasteiger partial charge in [-0.2, -0.15) is 10.4 Å². The minimum atomic E-state index is -4.53. The van der Waals surface area contributed by atoms with Crippen molar-refractivity contribution in [3.8, 4) is 6.07 Å². The Hall–Kier alpha value is -3.04. The molecule has 0 aromatic carbocycles. The highest BCUT2D eigenvalue weighted by Crippen LogP contribution is 2.61. The van der Waals surface area contributed by atoms with Gasteiger partial charge in [0.25, 0.3) is 0 Å². The van der Waals surface area contributed by atoms with Crippen LogP contribution >= 0.6 is 31.3 Å². The van der Waals surface area contributed by atoms with Crippen LogP contribution in [-0.4, -0.2) is 84.4 Å². The van der Waals surface area contributed by atoms with Crippen LogP contribution in [0, 0.1) is 44.8 Å². The zero-order valence-electron chi connectivity index (χ0n) is 31.7. The van der Waals surface area contributed by atoms with E-state index in [1.807, 2.05) is 0 Å². The molecule has 1 fully saturated rings. The van der Waals surface area contributed by atoms with E-state index in [9.17, 15) is 39.2 Å². The number of nitrogens with zero attached hydrogens (tertiary/aromatic N) is 4. The second-order valence-electron chi connectivity index (χ2n) is 15.9. The van der Waals surface area contributed by atoms with Gasteiger partial charge in [-0.05, 0) is 39.8 Å². The van der Waals surface area contributed by atoms with Crippen molar-refractivity contribution in [3.05, 3.63) is 24.2 Å². The molecule has 0 amide bonds. The molecule has 1 saturated heterocycles. The molecule has 19 heteroatoms. The number of aliphatic carboxylic acids is 2. The number of nitriles is 1. The number of hydrogen-bond donors (Lipinski definition) is 3. The number of carboxylic acid groups (broad SMARTS) is 2. The van der Waals surface area contributed by atoms with E-state index in [1.54, 1.807) is 41.5 Å². The molecule has 0 spiro atoms. The number of ether oxygens (including phenoxy) is 1. The fourth-order valence-corrected chi connectivity index (χ4v) is 8.99. The molecule has 3 heterocycles. The second-order valence-corrected chi connectivity index (χ2v) is 19.7. The van der Waals surface area contributed by atoms with E-state index in [0.717, 1.165) is 29.9 Å². The van der Waals surface area contributed by atoms with Crippen LogP contribution in [-0.2, 0) is 47.7 Å². The van der Waals surface area contributed by atoms with Gasteiger partial charge in [-0.15, -0.1) is 0 Å². The fourth-order valence-electron chi connectivity index (χ4n) is 5.99. The quantitative estimate of drug-likeness (QED) is 0.137. The molecule has 0 aliphatic carbocycles. The third-order valence-electron chi connectivity index (χ3n) is 9.03. The topological polar surface area (TPSA) is 243 Å². The van der Waals surface area contributed by atoms with Crippen molar-refractivity contribution in [2.45, 2.75) is 80.9 Å². The number of phosphoric acid groups is 1. The Bertz CT molecular complexity index is 1760. The van der Waals surface area contributed by atoms with Crippen LogP contribution in [0.15, 0.2) is 18.5 Å². The maximum absolute atomic E-state index is 14.2. The van der Waals surface area contributed by atoms with Gasteiger partial charge in [0.15, 0.2) is 16.0 Å². The average Bonchev–Trinajstić information content (AvgIpc) is 3.65. The number of phosphoric ester groups is 1. The molecular formula is C34H50N5O11PS2. The average molecular weight is 800 g/mol. The first-order valence-electron chi connectivity index (χ1n) is 16.8. The molecule has 4 N–H and O–H groups in total. The number of anilines is 1. The molecule has 53 heavy (non-hydrogen) atoms. The standard InChI is InChI=1S/C34H50N5O11PS2/c1-30(2,3)28(44)52-15-13-47-51(46,48-14-16-53-29(45)31(4,5)6)49-17-21-23(32(7,8)26(40)41)24(33(9,10)27(42)43)34(18-35,50-21)22-12-11-20-25(36)37-19-38-39(20)22/h11-12,19,21,23-24H,13-17H2,1-10H3,(H,40,41)(H,42,43)(H2,36,37,38)/t21-,23+,24+,34-/m0/s1. The third-order valence-corrected chi connectivity index (χ3v) is 13.0. The van der Waals surface area contributed by atoms with Gasteiger partial charge in [-0.3, -0.25) is 32.7 Å². The number of nitrogen functional groups attached to an aromatic ring is 1. The lowest BCUT2D eigenvalue weighted by Crippen LogP contribution is -2.51. The van der Waals surface area contributed by atoms with Crippen LogP contribution in [0.3, 0.4) is 0 Å². The van der Waals surface area contributed by atoms with Crippen LogP contribution in [0.2, 0.25) is 0 Å². The predicted molar refractivity (Wildman–Crippen MR) is 199 cm³/mol. The lowest BCUT2D eigenvalue weighted by atomic mass is 9.57. The molecular weight excluding hydrogens is 750 g/mol. The monoisotopic (exact) mass is 799 g/mol. The van der Waals surface area contributed by atoms with Crippen LogP contribution in [0.4, 0.5) is 5.82 Å². The van der Waals surface area contributed by atoms with E-state index in [-0.39, 0.29) is 46.5 Å². The summed E-state index contributed by atoms with van der Waals surface area (Å²) < 4.78 is 39.1. The van der Waals surface area contributed by atoms with Gasteiger partial charge in [0.05, 0.1) is 42.4 Å². The van der Waals surface area contributed by atoms with Crippen LogP contribution in [0.5, 0.6) is 0 Å². The van der Waals surface area contributed by atoms with E-state index in [0.29, 0.717) is 5.52 Å². The molecule has 16 nitrogen and oxygen atoms in total. The van der Waals surface area contributed by atoms with Crippen molar-refractivity contribution in [1.29, 1.82) is 5.26 Å². The summed E-state index contributed by atoms with van der Waals surface area (Å²) in [4.78, 5) is 54.8. The summed E-state index contributed by atoms with van der Waals surface area (Å²) in [7, 11) is -4.53. The zero-order chi connectivity index (χ0) is 40.4. The number of nitrogens with two attached hydrogens (primary N) is 1. The summed E-state index contributed by atoms with van der Waals surface area (Å²) in [5, 5.41) is 36.0. The van der Waals surface area contributed by atoms with E-state index in [1.165, 1.54) is 44.3 Å². The Balaban J connectivity index is 2.08. The summed E-state index contributed by atoms with van der Waals surface area (Å²) in [5.74, 6) is -5.06. The number of thioether (sulfide) groups is 2. The fraction of sp³-hybridized carbons (Fsp3) is 0.676. The molecule has 4 atom stereocenters. The maximum Gasteiger partial charge on any atom is 0.474 e. The molecule has 1 aliphatic heterocycles. The smallest absolute Gasteiger partial charge is 0.474 e. The first kappa shape index (κ1) is 44.4. The zero-order valence-corrected chi connectivity index (χ0v) is 34.2. The number of carboxylic acids is 2. The minimum Gasteiger partial charge on any atom is -0.481 e. The Morgan fingerprint density at radius 1 is 0.925 bits per heavy atom. The lowest BCUT2D eigenvalue weighted by Gasteiger charge is -2.42. The summed E-state index contributed by atoms with van der Waals surface area (Å²) in [6, 6.07) is 5.15. The minimum absolute atomic E-state index is 0.0636. The van der Waals surface area contributed by atoms with Crippen molar-refractivity contribution >= 4 is 64.9 Å².